The number of fused-ring (bicyclic) bond motifs is 1. The van der Waals surface area contributed by atoms with E-state index in [4.69, 9.17) is 0 Å². The summed E-state index contributed by atoms with van der Waals surface area (Å²) >= 11 is 0. The molecule has 1 fully saturated rings. The molecule has 3 heterocycles. The SMILES string of the molecule is CC(C)(O)[C@H]1CC[C@H](NC(=O)c2nc(-n3ccnc3)nc3cn[nH]c23)CC1. The highest BCUT2D eigenvalue weighted by Gasteiger charge is 2.32. The van der Waals surface area contributed by atoms with Gasteiger partial charge in [0.05, 0.1) is 11.8 Å². The highest BCUT2D eigenvalue weighted by atomic mass is 16.3. The van der Waals surface area contributed by atoms with Crippen LogP contribution in [0, 0.1) is 5.92 Å². The molecule has 0 aliphatic heterocycles. The molecule has 4 rings (SSSR count). The van der Waals surface area contributed by atoms with E-state index in [0.29, 0.717) is 17.0 Å². The molecule has 3 aromatic heterocycles. The van der Waals surface area contributed by atoms with E-state index in [1.54, 1.807) is 29.5 Å². The van der Waals surface area contributed by atoms with Crippen molar-refractivity contribution in [1.82, 2.24) is 35.0 Å². The van der Waals surface area contributed by atoms with Crippen molar-refractivity contribution < 1.29 is 9.90 Å². The fourth-order valence-electron chi connectivity index (χ4n) is 3.68. The molecule has 0 radical (unpaired) electrons. The van der Waals surface area contributed by atoms with Crippen LogP contribution in [0.25, 0.3) is 17.0 Å². The monoisotopic (exact) mass is 369 g/mol. The van der Waals surface area contributed by atoms with E-state index in [1.165, 1.54) is 0 Å². The Morgan fingerprint density at radius 1 is 1.30 bits per heavy atom. The minimum absolute atomic E-state index is 0.0701. The molecule has 0 atom stereocenters. The number of hydrogen-bond acceptors (Lipinski definition) is 6. The Labute approximate surface area is 156 Å². The number of aromatic nitrogens is 6. The third-order valence-electron chi connectivity index (χ3n) is 5.30. The largest absolute Gasteiger partial charge is 0.390 e. The second-order valence-corrected chi connectivity index (χ2v) is 7.65. The lowest BCUT2D eigenvalue weighted by atomic mass is 9.77. The summed E-state index contributed by atoms with van der Waals surface area (Å²) in [5.41, 5.74) is 0.681. The van der Waals surface area contributed by atoms with Crippen molar-refractivity contribution in [3.63, 3.8) is 0 Å². The molecular formula is C18H23N7O2. The quantitative estimate of drug-likeness (QED) is 0.642. The molecule has 1 aliphatic carbocycles. The van der Waals surface area contributed by atoms with Gasteiger partial charge in [-0.1, -0.05) is 0 Å². The number of H-pyrrole nitrogens is 1. The van der Waals surface area contributed by atoms with Crippen molar-refractivity contribution in [1.29, 1.82) is 0 Å². The third kappa shape index (κ3) is 3.55. The summed E-state index contributed by atoms with van der Waals surface area (Å²) in [4.78, 5) is 25.7. The van der Waals surface area contributed by atoms with Crippen LogP contribution in [0.1, 0.15) is 50.0 Å². The Balaban J connectivity index is 1.54. The third-order valence-corrected chi connectivity index (χ3v) is 5.30. The lowest BCUT2D eigenvalue weighted by molar-refractivity contribution is -0.00258. The summed E-state index contributed by atoms with van der Waals surface area (Å²) in [7, 11) is 0. The number of carbonyl (C=O) groups is 1. The maximum Gasteiger partial charge on any atom is 0.272 e. The van der Waals surface area contributed by atoms with Crippen LogP contribution in [0.2, 0.25) is 0 Å². The lowest BCUT2D eigenvalue weighted by Gasteiger charge is -2.36. The van der Waals surface area contributed by atoms with Gasteiger partial charge in [0, 0.05) is 18.4 Å². The first kappa shape index (κ1) is 17.6. The van der Waals surface area contributed by atoms with Gasteiger partial charge in [-0.05, 0) is 45.4 Å². The van der Waals surface area contributed by atoms with Crippen molar-refractivity contribution in [2.24, 2.45) is 5.92 Å². The van der Waals surface area contributed by atoms with Crippen molar-refractivity contribution in [2.75, 3.05) is 0 Å². The molecule has 0 spiro atoms. The summed E-state index contributed by atoms with van der Waals surface area (Å²) in [6, 6.07) is 0.0701. The van der Waals surface area contributed by atoms with Crippen molar-refractivity contribution in [2.45, 2.75) is 51.2 Å². The number of imidazole rings is 1. The number of amides is 1. The van der Waals surface area contributed by atoms with E-state index < -0.39 is 5.60 Å². The van der Waals surface area contributed by atoms with Gasteiger partial charge < -0.3 is 10.4 Å². The van der Waals surface area contributed by atoms with E-state index in [2.05, 4.69) is 30.5 Å². The average molecular weight is 369 g/mol. The van der Waals surface area contributed by atoms with Crippen molar-refractivity contribution in [3.8, 4) is 5.95 Å². The molecule has 0 saturated heterocycles. The van der Waals surface area contributed by atoms with Gasteiger partial charge in [-0.25, -0.2) is 15.0 Å². The number of aromatic amines is 1. The van der Waals surface area contributed by atoms with Gasteiger partial charge in [0.25, 0.3) is 5.91 Å². The molecule has 3 N–H and O–H groups in total. The van der Waals surface area contributed by atoms with Gasteiger partial charge in [-0.2, -0.15) is 5.10 Å². The molecule has 9 heteroatoms. The van der Waals surface area contributed by atoms with Gasteiger partial charge in [0.15, 0.2) is 5.69 Å². The summed E-state index contributed by atoms with van der Waals surface area (Å²) in [6.07, 6.45) is 9.96. The van der Waals surface area contributed by atoms with Crippen molar-refractivity contribution in [3.05, 3.63) is 30.6 Å². The van der Waals surface area contributed by atoms with Crippen LogP contribution in [-0.4, -0.2) is 52.4 Å². The predicted octanol–water partition coefficient (Wildman–Crippen LogP) is 1.60. The summed E-state index contributed by atoms with van der Waals surface area (Å²) in [5.74, 6) is 0.383. The Kier molecular flexibility index (Phi) is 4.39. The standard InChI is InChI=1S/C18H23N7O2/c1-18(2,27)11-3-5-12(6-4-11)21-16(26)15-14-13(9-20-24-14)22-17(23-15)25-8-7-19-10-25/h7-12,27H,3-6H2,1-2H3,(H,20,24)(H,21,26)/t11-,12-. The van der Waals surface area contributed by atoms with Crippen LogP contribution in [0.4, 0.5) is 0 Å². The molecular weight excluding hydrogens is 346 g/mol. The van der Waals surface area contributed by atoms with E-state index in [0.717, 1.165) is 25.7 Å². The fraction of sp³-hybridized carbons (Fsp3) is 0.500. The molecule has 0 unspecified atom stereocenters. The lowest BCUT2D eigenvalue weighted by Crippen LogP contribution is -2.42. The second-order valence-electron chi connectivity index (χ2n) is 7.65. The zero-order valence-electron chi connectivity index (χ0n) is 15.4. The molecule has 0 aromatic carbocycles. The normalized spacial score (nSPS) is 20.7. The Hall–Kier alpha value is -2.81. The molecule has 9 nitrogen and oxygen atoms in total. The van der Waals surface area contributed by atoms with Crippen LogP contribution in [0.3, 0.4) is 0 Å². The number of nitrogens with one attached hydrogen (secondary N) is 2. The van der Waals surface area contributed by atoms with Gasteiger partial charge in [0.2, 0.25) is 5.95 Å². The zero-order valence-corrected chi connectivity index (χ0v) is 15.4. The number of hydrogen-bond donors (Lipinski definition) is 3. The summed E-state index contributed by atoms with van der Waals surface area (Å²) in [6.45, 7) is 3.70. The Bertz CT molecular complexity index is 934. The zero-order chi connectivity index (χ0) is 19.0. The molecule has 1 amide bonds. The minimum Gasteiger partial charge on any atom is -0.390 e. The highest BCUT2D eigenvalue weighted by molar-refractivity contribution is 6.02. The number of rotatable bonds is 4. The first-order chi connectivity index (χ1) is 12.9. The highest BCUT2D eigenvalue weighted by Crippen LogP contribution is 2.32. The fourth-order valence-corrected chi connectivity index (χ4v) is 3.68. The average Bonchev–Trinajstić information content (AvgIpc) is 3.32. The second kappa shape index (κ2) is 6.73. The summed E-state index contributed by atoms with van der Waals surface area (Å²) in [5, 5.41) is 20.1. The van der Waals surface area contributed by atoms with Crippen LogP contribution in [0.5, 0.6) is 0 Å². The number of nitrogens with zero attached hydrogens (tertiary/aromatic N) is 5. The minimum atomic E-state index is -0.677. The van der Waals surface area contributed by atoms with Crippen LogP contribution >= 0.6 is 0 Å². The Morgan fingerprint density at radius 3 is 2.74 bits per heavy atom. The first-order valence-electron chi connectivity index (χ1n) is 9.14. The summed E-state index contributed by atoms with van der Waals surface area (Å²) < 4.78 is 1.65. The van der Waals surface area contributed by atoms with Crippen LogP contribution in [-0.2, 0) is 0 Å². The van der Waals surface area contributed by atoms with Gasteiger partial charge in [0.1, 0.15) is 17.4 Å². The molecule has 142 valence electrons. The number of aliphatic hydroxyl groups is 1. The van der Waals surface area contributed by atoms with E-state index in [9.17, 15) is 9.90 Å². The molecule has 0 bridgehead atoms. The molecule has 1 aliphatic rings. The van der Waals surface area contributed by atoms with Gasteiger partial charge in [-0.3, -0.25) is 14.5 Å². The maximum atomic E-state index is 12.9. The van der Waals surface area contributed by atoms with Gasteiger partial charge in [-0.15, -0.1) is 0 Å². The van der Waals surface area contributed by atoms with Gasteiger partial charge >= 0.3 is 0 Å². The Morgan fingerprint density at radius 2 is 2.07 bits per heavy atom. The number of carbonyl (C=O) groups excluding carboxylic acids is 1. The smallest absolute Gasteiger partial charge is 0.272 e. The topological polar surface area (TPSA) is 122 Å². The first-order valence-corrected chi connectivity index (χ1v) is 9.14. The van der Waals surface area contributed by atoms with Crippen LogP contribution in [0.15, 0.2) is 24.9 Å². The predicted molar refractivity (Wildman–Crippen MR) is 98.3 cm³/mol. The molecule has 3 aromatic rings. The molecule has 1 saturated carbocycles. The van der Waals surface area contributed by atoms with Crippen LogP contribution < -0.4 is 5.32 Å². The van der Waals surface area contributed by atoms with E-state index in [-0.39, 0.29) is 23.6 Å². The molecule has 27 heavy (non-hydrogen) atoms. The maximum absolute atomic E-state index is 12.9. The van der Waals surface area contributed by atoms with E-state index in [1.807, 2.05) is 13.8 Å². The van der Waals surface area contributed by atoms with Crippen molar-refractivity contribution >= 4 is 16.9 Å². The van der Waals surface area contributed by atoms with E-state index >= 15 is 0 Å².